The molecule has 1 unspecified atom stereocenters. The van der Waals surface area contributed by atoms with Gasteiger partial charge in [0.15, 0.2) is 5.76 Å². The van der Waals surface area contributed by atoms with Crippen molar-refractivity contribution in [1.82, 2.24) is 5.32 Å². The second-order valence-corrected chi connectivity index (χ2v) is 7.71. The maximum Gasteiger partial charge on any atom is 0.287 e. The number of rotatable bonds is 5. The fourth-order valence-electron chi connectivity index (χ4n) is 3.79. The number of benzene rings is 2. The predicted octanol–water partition coefficient (Wildman–Crippen LogP) is 5.16. The summed E-state index contributed by atoms with van der Waals surface area (Å²) in [5.74, 6) is 0.602. The summed E-state index contributed by atoms with van der Waals surface area (Å²) in [6.45, 7) is 4.61. The maximum atomic E-state index is 12.7. The average Bonchev–Trinajstić information content (AvgIpc) is 3.38. The van der Waals surface area contributed by atoms with E-state index in [1.807, 2.05) is 48.5 Å². The number of halogens is 1. The Hall–Kier alpha value is -2.72. The predicted molar refractivity (Wildman–Crippen MR) is 113 cm³/mol. The van der Waals surface area contributed by atoms with Gasteiger partial charge in [-0.15, -0.1) is 0 Å². The molecule has 1 atom stereocenters. The highest BCUT2D eigenvalue weighted by atomic mass is 35.5. The molecule has 1 N–H and O–H groups in total. The summed E-state index contributed by atoms with van der Waals surface area (Å²) >= 11 is 6.16. The Labute approximate surface area is 170 Å². The van der Waals surface area contributed by atoms with E-state index >= 15 is 0 Å². The first-order chi connectivity index (χ1) is 13.6. The molecule has 144 valence electrons. The van der Waals surface area contributed by atoms with Gasteiger partial charge in [-0.25, -0.2) is 0 Å². The molecule has 0 radical (unpaired) electrons. The molecule has 1 aliphatic rings. The van der Waals surface area contributed by atoms with Gasteiger partial charge in [-0.1, -0.05) is 48.0 Å². The van der Waals surface area contributed by atoms with Crippen LogP contribution in [0.2, 0.25) is 5.02 Å². The molecule has 4 nitrogen and oxygen atoms in total. The van der Waals surface area contributed by atoms with Crippen molar-refractivity contribution in [3.8, 4) is 11.1 Å². The number of hydrogen-bond donors (Lipinski definition) is 1. The zero-order chi connectivity index (χ0) is 19.5. The number of hydrogen-bond acceptors (Lipinski definition) is 3. The van der Waals surface area contributed by atoms with Gasteiger partial charge in [0, 0.05) is 35.9 Å². The van der Waals surface area contributed by atoms with Gasteiger partial charge in [-0.3, -0.25) is 4.79 Å². The van der Waals surface area contributed by atoms with Gasteiger partial charge in [0.05, 0.1) is 6.26 Å². The highest BCUT2D eigenvalue weighted by Crippen LogP contribution is 2.29. The van der Waals surface area contributed by atoms with E-state index in [9.17, 15) is 4.79 Å². The zero-order valence-corrected chi connectivity index (χ0v) is 16.6. The number of aryl methyl sites for hydroxylation is 1. The normalized spacial score (nSPS) is 16.4. The Kier molecular flexibility index (Phi) is 5.40. The van der Waals surface area contributed by atoms with Gasteiger partial charge in [0.1, 0.15) is 0 Å². The smallest absolute Gasteiger partial charge is 0.287 e. The third-order valence-corrected chi connectivity index (χ3v) is 5.54. The first-order valence-electron chi connectivity index (χ1n) is 9.54. The van der Waals surface area contributed by atoms with Gasteiger partial charge in [-0.2, -0.15) is 0 Å². The molecule has 3 aromatic rings. The molecule has 2 aromatic carbocycles. The summed E-state index contributed by atoms with van der Waals surface area (Å²) in [6, 6.07) is 17.6. The molecule has 0 spiro atoms. The molecule has 2 heterocycles. The molecule has 1 amide bonds. The number of furan rings is 1. The second kappa shape index (κ2) is 8.11. The topological polar surface area (TPSA) is 45.5 Å². The molecular formula is C23H23ClN2O2. The largest absolute Gasteiger partial charge is 0.459 e. The van der Waals surface area contributed by atoms with Crippen LogP contribution in [-0.4, -0.2) is 25.5 Å². The van der Waals surface area contributed by atoms with Crippen molar-refractivity contribution in [2.45, 2.75) is 13.3 Å². The maximum absolute atomic E-state index is 12.7. The Bertz CT molecular complexity index is 968. The lowest BCUT2D eigenvalue weighted by Crippen LogP contribution is -2.31. The van der Waals surface area contributed by atoms with Crippen molar-refractivity contribution in [3.05, 3.63) is 77.2 Å². The third-order valence-electron chi connectivity index (χ3n) is 5.31. The fraction of sp³-hybridized carbons (Fsp3) is 0.261. The Morgan fingerprint density at radius 2 is 2.04 bits per heavy atom. The van der Waals surface area contributed by atoms with Crippen LogP contribution in [0.3, 0.4) is 0 Å². The quantitative estimate of drug-likeness (QED) is 0.649. The lowest BCUT2D eigenvalue weighted by molar-refractivity contribution is 0.0921. The van der Waals surface area contributed by atoms with E-state index in [0.29, 0.717) is 18.2 Å². The van der Waals surface area contributed by atoms with Crippen LogP contribution < -0.4 is 10.2 Å². The van der Waals surface area contributed by atoms with Crippen molar-refractivity contribution < 1.29 is 9.21 Å². The molecule has 0 aliphatic carbocycles. The van der Waals surface area contributed by atoms with Crippen molar-refractivity contribution >= 4 is 23.2 Å². The SMILES string of the molecule is Cc1ccc(Cl)cc1N1CCC(CNC(=O)c2occc2-c2ccccc2)C1. The number of amides is 1. The van der Waals surface area contributed by atoms with Crippen LogP contribution in [0, 0.1) is 12.8 Å². The van der Waals surface area contributed by atoms with Crippen molar-refractivity contribution in [2.75, 3.05) is 24.5 Å². The van der Waals surface area contributed by atoms with Crippen LogP contribution in [0.4, 0.5) is 5.69 Å². The van der Waals surface area contributed by atoms with Crippen LogP contribution in [0.15, 0.2) is 65.3 Å². The van der Waals surface area contributed by atoms with Gasteiger partial charge < -0.3 is 14.6 Å². The monoisotopic (exact) mass is 394 g/mol. The minimum atomic E-state index is -0.166. The number of anilines is 1. The summed E-state index contributed by atoms with van der Waals surface area (Å²) in [5, 5.41) is 3.80. The van der Waals surface area contributed by atoms with E-state index in [1.165, 1.54) is 11.3 Å². The Balaban J connectivity index is 1.38. The molecule has 1 fully saturated rings. The average molecular weight is 395 g/mol. The van der Waals surface area contributed by atoms with Crippen molar-refractivity contribution in [1.29, 1.82) is 0 Å². The second-order valence-electron chi connectivity index (χ2n) is 7.27. The van der Waals surface area contributed by atoms with Crippen molar-refractivity contribution in [2.24, 2.45) is 5.92 Å². The highest BCUT2D eigenvalue weighted by Gasteiger charge is 2.25. The molecule has 28 heavy (non-hydrogen) atoms. The summed E-state index contributed by atoms with van der Waals surface area (Å²) in [7, 11) is 0. The van der Waals surface area contributed by atoms with Crippen molar-refractivity contribution in [3.63, 3.8) is 0 Å². The molecule has 0 bridgehead atoms. The standard InChI is InChI=1S/C23H23ClN2O2/c1-16-7-8-19(24)13-21(16)26-11-9-17(15-26)14-25-23(27)22-20(10-12-28-22)18-5-3-2-4-6-18/h2-8,10,12-13,17H,9,11,14-15H2,1H3,(H,25,27). The van der Waals surface area contributed by atoms with Crippen LogP contribution in [-0.2, 0) is 0 Å². The summed E-state index contributed by atoms with van der Waals surface area (Å²) in [4.78, 5) is 15.0. The summed E-state index contributed by atoms with van der Waals surface area (Å²) in [5.41, 5.74) is 4.20. The fourth-order valence-corrected chi connectivity index (χ4v) is 3.96. The van der Waals surface area contributed by atoms with E-state index in [0.717, 1.165) is 35.7 Å². The minimum absolute atomic E-state index is 0.166. The van der Waals surface area contributed by atoms with Crippen LogP contribution in [0.25, 0.3) is 11.1 Å². The molecular weight excluding hydrogens is 372 g/mol. The van der Waals surface area contributed by atoms with Crippen LogP contribution in [0.1, 0.15) is 22.5 Å². The Morgan fingerprint density at radius 3 is 2.86 bits per heavy atom. The van der Waals surface area contributed by atoms with Gasteiger partial charge in [-0.05, 0) is 48.6 Å². The molecule has 1 aliphatic heterocycles. The highest BCUT2D eigenvalue weighted by molar-refractivity contribution is 6.30. The van der Waals surface area contributed by atoms with Gasteiger partial charge >= 0.3 is 0 Å². The zero-order valence-electron chi connectivity index (χ0n) is 15.8. The molecule has 5 heteroatoms. The number of carbonyl (C=O) groups excluding carboxylic acids is 1. The lowest BCUT2D eigenvalue weighted by atomic mass is 10.1. The lowest BCUT2D eigenvalue weighted by Gasteiger charge is -2.21. The third kappa shape index (κ3) is 3.92. The molecule has 1 saturated heterocycles. The van der Waals surface area contributed by atoms with E-state index in [2.05, 4.69) is 23.2 Å². The van der Waals surface area contributed by atoms with E-state index in [1.54, 1.807) is 6.26 Å². The summed E-state index contributed by atoms with van der Waals surface area (Å²) < 4.78 is 5.48. The molecule has 4 rings (SSSR count). The van der Waals surface area contributed by atoms with E-state index in [-0.39, 0.29) is 5.91 Å². The summed E-state index contributed by atoms with van der Waals surface area (Å²) in [6.07, 6.45) is 2.60. The van der Waals surface area contributed by atoms with Gasteiger partial charge in [0.2, 0.25) is 0 Å². The minimum Gasteiger partial charge on any atom is -0.459 e. The molecule has 0 saturated carbocycles. The number of nitrogens with zero attached hydrogens (tertiary/aromatic N) is 1. The molecule has 1 aromatic heterocycles. The van der Waals surface area contributed by atoms with Crippen LogP contribution in [0.5, 0.6) is 0 Å². The first-order valence-corrected chi connectivity index (χ1v) is 9.92. The first kappa shape index (κ1) is 18.6. The van der Waals surface area contributed by atoms with E-state index in [4.69, 9.17) is 16.0 Å². The number of nitrogens with one attached hydrogen (secondary N) is 1. The van der Waals surface area contributed by atoms with Crippen LogP contribution >= 0.6 is 11.6 Å². The van der Waals surface area contributed by atoms with E-state index < -0.39 is 0 Å². The number of carbonyl (C=O) groups is 1. The van der Waals surface area contributed by atoms with Gasteiger partial charge in [0.25, 0.3) is 5.91 Å². The Morgan fingerprint density at radius 1 is 1.21 bits per heavy atom.